The molecule has 1 fully saturated rings. The number of rotatable bonds is 3. The molecule has 118 valence electrons. The molecule has 1 aliphatic rings. The Morgan fingerprint density at radius 2 is 2.05 bits per heavy atom. The van der Waals surface area contributed by atoms with E-state index in [2.05, 4.69) is 19.1 Å². The molecule has 0 atom stereocenters. The Labute approximate surface area is 130 Å². The number of fused-ring (bicyclic) bond motifs is 1. The molecule has 22 heavy (non-hydrogen) atoms. The molecule has 0 unspecified atom stereocenters. The number of benzene rings is 1. The first-order valence-corrected chi connectivity index (χ1v) is 7.79. The van der Waals surface area contributed by atoms with Crippen LogP contribution in [0.25, 0.3) is 11.0 Å². The molecule has 5 heteroatoms. The first-order chi connectivity index (χ1) is 10.5. The molecule has 0 radical (unpaired) electrons. The molecule has 5 nitrogen and oxygen atoms in total. The van der Waals surface area contributed by atoms with Crippen LogP contribution in [0.2, 0.25) is 0 Å². The Morgan fingerprint density at radius 3 is 2.68 bits per heavy atom. The summed E-state index contributed by atoms with van der Waals surface area (Å²) in [6, 6.07) is 4.18. The zero-order chi connectivity index (χ0) is 15.9. The Morgan fingerprint density at radius 1 is 1.36 bits per heavy atom. The van der Waals surface area contributed by atoms with Crippen LogP contribution < -0.4 is 4.57 Å². The third kappa shape index (κ3) is 2.50. The van der Waals surface area contributed by atoms with E-state index in [-0.39, 0.29) is 0 Å². The number of ether oxygens (including phenoxy) is 1. The molecule has 2 aromatic rings. The van der Waals surface area contributed by atoms with E-state index < -0.39 is 5.97 Å². The van der Waals surface area contributed by atoms with Crippen molar-refractivity contribution in [1.29, 1.82) is 0 Å². The first-order valence-electron chi connectivity index (χ1n) is 7.79. The second-order valence-electron chi connectivity index (χ2n) is 6.30. The van der Waals surface area contributed by atoms with Gasteiger partial charge < -0.3 is 9.84 Å². The van der Waals surface area contributed by atoms with Crippen LogP contribution in [-0.2, 0) is 18.3 Å². The number of nitrogens with zero attached hydrogens (tertiary/aromatic N) is 2. The van der Waals surface area contributed by atoms with Gasteiger partial charge in [0.15, 0.2) is 11.0 Å². The van der Waals surface area contributed by atoms with Gasteiger partial charge in [0.2, 0.25) is 0 Å². The van der Waals surface area contributed by atoms with Gasteiger partial charge in [0.25, 0.3) is 0 Å². The number of aromatic carboxylic acids is 1. The van der Waals surface area contributed by atoms with Crippen LogP contribution in [0.3, 0.4) is 0 Å². The van der Waals surface area contributed by atoms with Crippen molar-refractivity contribution < 1.29 is 19.2 Å². The maximum Gasteiger partial charge on any atom is 0.419 e. The monoisotopic (exact) mass is 303 g/mol. The second-order valence-corrected chi connectivity index (χ2v) is 6.30. The van der Waals surface area contributed by atoms with Gasteiger partial charge in [0.1, 0.15) is 0 Å². The van der Waals surface area contributed by atoms with Crippen LogP contribution in [0.5, 0.6) is 0 Å². The summed E-state index contributed by atoms with van der Waals surface area (Å²) in [5.41, 5.74) is 4.31. The highest BCUT2D eigenvalue weighted by molar-refractivity contribution is 5.87. The lowest BCUT2D eigenvalue weighted by Gasteiger charge is -2.20. The number of carboxylic acids is 1. The third-order valence-corrected chi connectivity index (χ3v) is 4.60. The van der Waals surface area contributed by atoms with Crippen molar-refractivity contribution in [1.82, 2.24) is 4.57 Å². The lowest BCUT2D eigenvalue weighted by atomic mass is 10.00. The van der Waals surface area contributed by atoms with E-state index in [0.29, 0.717) is 11.7 Å². The van der Waals surface area contributed by atoms with E-state index in [4.69, 9.17) is 4.74 Å². The van der Waals surface area contributed by atoms with Gasteiger partial charge in [-0.3, -0.25) is 0 Å². The van der Waals surface area contributed by atoms with Crippen molar-refractivity contribution >= 4 is 17.0 Å². The summed E-state index contributed by atoms with van der Waals surface area (Å²) in [7, 11) is 1.84. The van der Waals surface area contributed by atoms with Gasteiger partial charge in [-0.15, -0.1) is 0 Å². The normalized spacial score (nSPS) is 16.3. The summed E-state index contributed by atoms with van der Waals surface area (Å²) in [6.45, 7) is 6.39. The Balaban J connectivity index is 2.17. The molecule has 1 N–H and O–H groups in total. The number of aryl methyl sites for hydroxylation is 3. The highest BCUT2D eigenvalue weighted by atomic mass is 16.5. The highest BCUT2D eigenvalue weighted by Crippen LogP contribution is 2.22. The maximum atomic E-state index is 11.8. The fourth-order valence-electron chi connectivity index (χ4n) is 3.57. The zero-order valence-electron chi connectivity index (χ0n) is 13.4. The number of carbonyl (C=O) groups is 1. The van der Waals surface area contributed by atoms with Crippen LogP contribution in [0, 0.1) is 19.8 Å². The molecule has 1 aliphatic heterocycles. The molecule has 1 aromatic heterocycles. The van der Waals surface area contributed by atoms with Crippen molar-refractivity contribution in [3.05, 3.63) is 29.1 Å². The second kappa shape index (κ2) is 5.72. The molecule has 1 saturated heterocycles. The smallest absolute Gasteiger partial charge is 0.419 e. The van der Waals surface area contributed by atoms with E-state index in [1.165, 1.54) is 0 Å². The summed E-state index contributed by atoms with van der Waals surface area (Å²) in [4.78, 5) is 11.8. The Hall–Kier alpha value is -1.88. The predicted molar refractivity (Wildman–Crippen MR) is 83.1 cm³/mol. The van der Waals surface area contributed by atoms with E-state index in [1.54, 1.807) is 4.57 Å². The van der Waals surface area contributed by atoms with Crippen molar-refractivity contribution in [2.24, 2.45) is 13.0 Å². The molecule has 0 amide bonds. The van der Waals surface area contributed by atoms with Gasteiger partial charge in [-0.05, 0) is 38.3 Å². The molecule has 0 bridgehead atoms. The molecular formula is C17H23N2O3+. The minimum absolute atomic E-state index is 0.357. The van der Waals surface area contributed by atoms with Gasteiger partial charge in [-0.25, -0.2) is 13.9 Å². The maximum absolute atomic E-state index is 11.8. The lowest BCUT2D eigenvalue weighted by Crippen LogP contribution is -2.44. The third-order valence-electron chi connectivity index (χ3n) is 4.60. The van der Waals surface area contributed by atoms with Crippen molar-refractivity contribution in [2.75, 3.05) is 13.2 Å². The van der Waals surface area contributed by atoms with E-state index >= 15 is 0 Å². The first kappa shape index (κ1) is 15.0. The molecule has 2 heterocycles. The standard InChI is InChI=1S/C17H22N2O3/c1-11-8-12(2)15-14(9-11)18(3)16(17(20)21)19(15)10-13-4-6-22-7-5-13/h8-9,13H,4-7,10H2,1-3H3/p+1. The summed E-state index contributed by atoms with van der Waals surface area (Å²) >= 11 is 0. The lowest BCUT2D eigenvalue weighted by molar-refractivity contribution is -0.682. The minimum atomic E-state index is -0.872. The minimum Gasteiger partial charge on any atom is -0.472 e. The van der Waals surface area contributed by atoms with Crippen LogP contribution in [-0.4, -0.2) is 28.9 Å². The fourth-order valence-corrected chi connectivity index (χ4v) is 3.57. The summed E-state index contributed by atoms with van der Waals surface area (Å²) in [5, 5.41) is 9.67. The Kier molecular flexibility index (Phi) is 3.91. The molecule has 0 saturated carbocycles. The van der Waals surface area contributed by atoms with E-state index in [9.17, 15) is 9.90 Å². The molecule has 3 rings (SSSR count). The Bertz CT molecular complexity index is 727. The van der Waals surface area contributed by atoms with Gasteiger partial charge in [-0.2, -0.15) is 0 Å². The van der Waals surface area contributed by atoms with Gasteiger partial charge in [0.05, 0.1) is 13.6 Å². The molecule has 0 aliphatic carbocycles. The van der Waals surface area contributed by atoms with E-state index in [0.717, 1.165) is 54.8 Å². The number of hydrogen-bond acceptors (Lipinski definition) is 2. The van der Waals surface area contributed by atoms with Crippen molar-refractivity contribution in [3.8, 4) is 0 Å². The van der Waals surface area contributed by atoms with Gasteiger partial charge in [0, 0.05) is 24.7 Å². The largest absolute Gasteiger partial charge is 0.472 e. The summed E-state index contributed by atoms with van der Waals surface area (Å²) < 4.78 is 9.21. The fraction of sp³-hybridized carbons (Fsp3) is 0.529. The van der Waals surface area contributed by atoms with Crippen LogP contribution in [0.15, 0.2) is 12.1 Å². The average Bonchev–Trinajstić information content (AvgIpc) is 2.73. The number of imidazole rings is 1. The van der Waals surface area contributed by atoms with Crippen molar-refractivity contribution in [2.45, 2.75) is 33.2 Å². The molecule has 1 aromatic carbocycles. The number of aromatic nitrogens is 2. The topological polar surface area (TPSA) is 55.3 Å². The predicted octanol–water partition coefficient (Wildman–Crippen LogP) is 2.21. The van der Waals surface area contributed by atoms with Crippen LogP contribution >= 0.6 is 0 Å². The van der Waals surface area contributed by atoms with Gasteiger partial charge >= 0.3 is 11.8 Å². The number of carboxylic acid groups (broad SMARTS) is 1. The average molecular weight is 303 g/mol. The number of hydrogen-bond donors (Lipinski definition) is 1. The molecular weight excluding hydrogens is 280 g/mol. The highest BCUT2D eigenvalue weighted by Gasteiger charge is 2.31. The van der Waals surface area contributed by atoms with E-state index in [1.807, 2.05) is 18.5 Å². The van der Waals surface area contributed by atoms with Crippen molar-refractivity contribution in [3.63, 3.8) is 0 Å². The summed E-state index contributed by atoms with van der Waals surface area (Å²) in [6.07, 6.45) is 1.99. The zero-order valence-corrected chi connectivity index (χ0v) is 13.4. The molecule has 0 spiro atoms. The van der Waals surface area contributed by atoms with Crippen LogP contribution in [0.1, 0.15) is 34.6 Å². The van der Waals surface area contributed by atoms with Crippen LogP contribution in [0.4, 0.5) is 0 Å². The summed E-state index contributed by atoms with van der Waals surface area (Å²) in [5.74, 6) is -0.0406. The van der Waals surface area contributed by atoms with Gasteiger partial charge in [-0.1, -0.05) is 6.07 Å². The quantitative estimate of drug-likeness (QED) is 0.885. The SMILES string of the molecule is Cc1cc(C)c2c(c1)n(C)c(C(=O)O)[n+]2CC1CCOCC1.